The molecule has 1 aromatic rings. The van der Waals surface area contributed by atoms with Crippen LogP contribution in [0.3, 0.4) is 0 Å². The van der Waals surface area contributed by atoms with Gasteiger partial charge in [-0.2, -0.15) is 8.42 Å². The lowest BCUT2D eigenvalue weighted by Crippen LogP contribution is -2.15. The van der Waals surface area contributed by atoms with Crippen molar-refractivity contribution in [3.05, 3.63) is 29.8 Å². The Bertz CT molecular complexity index is 532. The number of hydrogen-bond acceptors (Lipinski definition) is 5. The van der Waals surface area contributed by atoms with Crippen molar-refractivity contribution >= 4 is 16.1 Å². The Kier molecular flexibility index (Phi) is 3.68. The van der Waals surface area contributed by atoms with Gasteiger partial charge in [-0.25, -0.2) is 0 Å². The Balaban J connectivity index is 1.99. The van der Waals surface area contributed by atoms with Gasteiger partial charge in [0.05, 0.1) is 24.5 Å². The second-order valence-electron chi connectivity index (χ2n) is 4.30. The lowest BCUT2D eigenvalue weighted by atomic mass is 10.1. The van der Waals surface area contributed by atoms with Crippen LogP contribution in [0.1, 0.15) is 12.0 Å². The zero-order chi connectivity index (χ0) is 13.2. The number of benzene rings is 1. The molecule has 5 nitrogen and oxygen atoms in total. The summed E-state index contributed by atoms with van der Waals surface area (Å²) in [6.07, 6.45) is 0.212. The van der Waals surface area contributed by atoms with E-state index in [1.165, 1.54) is 12.1 Å². The standard InChI is InChI=1S/C12H14O5S/c1-9-2-4-11(5-3-9)18(14,15)17-8-10-6-12(13)16-7-10/h2-5,10H,6-8H2,1H3/t10-/m1/s1. The molecular weight excluding hydrogens is 256 g/mol. The fourth-order valence-electron chi connectivity index (χ4n) is 1.63. The van der Waals surface area contributed by atoms with Crippen molar-refractivity contribution in [1.29, 1.82) is 0 Å². The molecule has 1 atom stereocenters. The minimum atomic E-state index is -3.75. The molecule has 0 bridgehead atoms. The van der Waals surface area contributed by atoms with Crippen molar-refractivity contribution in [2.75, 3.05) is 13.2 Å². The first-order valence-electron chi connectivity index (χ1n) is 5.59. The molecule has 1 aliphatic rings. The minimum absolute atomic E-state index is 0.0258. The zero-order valence-corrected chi connectivity index (χ0v) is 10.8. The van der Waals surface area contributed by atoms with Gasteiger partial charge in [-0.3, -0.25) is 8.98 Å². The molecule has 1 saturated heterocycles. The molecule has 1 aliphatic heterocycles. The predicted molar refractivity (Wildman–Crippen MR) is 63.4 cm³/mol. The van der Waals surface area contributed by atoms with E-state index in [-0.39, 0.29) is 36.4 Å². The molecule has 98 valence electrons. The quantitative estimate of drug-likeness (QED) is 0.608. The Morgan fingerprint density at radius 2 is 2.00 bits per heavy atom. The highest BCUT2D eigenvalue weighted by Gasteiger charge is 2.26. The van der Waals surface area contributed by atoms with Crippen molar-refractivity contribution < 1.29 is 22.1 Å². The summed E-state index contributed by atoms with van der Waals surface area (Å²) < 4.78 is 33.3. The van der Waals surface area contributed by atoms with Gasteiger partial charge in [-0.05, 0) is 19.1 Å². The maximum atomic E-state index is 11.8. The smallest absolute Gasteiger partial charge is 0.306 e. The molecule has 6 heteroatoms. The highest BCUT2D eigenvalue weighted by Crippen LogP contribution is 2.18. The van der Waals surface area contributed by atoms with Gasteiger partial charge in [0.15, 0.2) is 0 Å². The maximum absolute atomic E-state index is 11.8. The first-order valence-corrected chi connectivity index (χ1v) is 7.00. The average Bonchev–Trinajstić information content (AvgIpc) is 2.73. The lowest BCUT2D eigenvalue weighted by molar-refractivity contribution is -0.137. The van der Waals surface area contributed by atoms with Gasteiger partial charge in [0.1, 0.15) is 0 Å². The predicted octanol–water partition coefficient (Wildman–Crippen LogP) is 1.26. The Morgan fingerprint density at radius 3 is 2.56 bits per heavy atom. The summed E-state index contributed by atoms with van der Waals surface area (Å²) in [5.74, 6) is -0.492. The van der Waals surface area contributed by atoms with Crippen molar-refractivity contribution in [1.82, 2.24) is 0 Å². The van der Waals surface area contributed by atoms with Crippen LogP contribution in [-0.2, 0) is 23.8 Å². The van der Waals surface area contributed by atoms with Gasteiger partial charge >= 0.3 is 5.97 Å². The molecule has 0 saturated carbocycles. The monoisotopic (exact) mass is 270 g/mol. The fraction of sp³-hybridized carbons (Fsp3) is 0.417. The summed E-state index contributed by atoms with van der Waals surface area (Å²) in [5.41, 5.74) is 0.976. The highest BCUT2D eigenvalue weighted by molar-refractivity contribution is 7.86. The lowest BCUT2D eigenvalue weighted by Gasteiger charge is -2.08. The van der Waals surface area contributed by atoms with E-state index >= 15 is 0 Å². The van der Waals surface area contributed by atoms with Crippen molar-refractivity contribution in [3.8, 4) is 0 Å². The van der Waals surface area contributed by atoms with E-state index in [9.17, 15) is 13.2 Å². The van der Waals surface area contributed by atoms with E-state index in [0.717, 1.165) is 5.56 Å². The van der Waals surface area contributed by atoms with Gasteiger partial charge in [0.2, 0.25) is 0 Å². The normalized spacial score (nSPS) is 19.8. The third-order valence-electron chi connectivity index (χ3n) is 2.70. The van der Waals surface area contributed by atoms with Crippen LogP contribution in [0.15, 0.2) is 29.2 Å². The van der Waals surface area contributed by atoms with Crippen LogP contribution in [0.4, 0.5) is 0 Å². The number of aryl methyl sites for hydroxylation is 1. The SMILES string of the molecule is Cc1ccc(S(=O)(=O)OC[C@H]2COC(=O)C2)cc1. The fourth-order valence-corrected chi connectivity index (χ4v) is 2.61. The molecule has 1 aromatic carbocycles. The van der Waals surface area contributed by atoms with Gasteiger partial charge in [0.25, 0.3) is 10.1 Å². The summed E-state index contributed by atoms with van der Waals surface area (Å²) >= 11 is 0. The Hall–Kier alpha value is -1.40. The van der Waals surface area contributed by atoms with Gasteiger partial charge in [-0.1, -0.05) is 17.7 Å². The largest absolute Gasteiger partial charge is 0.465 e. The molecule has 0 N–H and O–H groups in total. The number of cyclic esters (lactones) is 1. The molecular formula is C12H14O5S. The van der Waals surface area contributed by atoms with E-state index < -0.39 is 10.1 Å². The average molecular weight is 270 g/mol. The van der Waals surface area contributed by atoms with E-state index in [1.807, 2.05) is 6.92 Å². The van der Waals surface area contributed by atoms with E-state index in [4.69, 9.17) is 8.92 Å². The molecule has 0 aliphatic carbocycles. The number of rotatable bonds is 4. The first kappa shape index (κ1) is 13.0. The van der Waals surface area contributed by atoms with E-state index in [2.05, 4.69) is 0 Å². The van der Waals surface area contributed by atoms with Crippen LogP contribution in [-0.4, -0.2) is 27.6 Å². The molecule has 1 fully saturated rings. The second kappa shape index (κ2) is 5.07. The first-order chi connectivity index (χ1) is 8.47. The van der Waals surface area contributed by atoms with Crippen molar-refractivity contribution in [2.45, 2.75) is 18.2 Å². The van der Waals surface area contributed by atoms with Crippen LogP contribution >= 0.6 is 0 Å². The molecule has 0 unspecified atom stereocenters. The van der Waals surface area contributed by atoms with Crippen molar-refractivity contribution in [2.24, 2.45) is 5.92 Å². The maximum Gasteiger partial charge on any atom is 0.306 e. The van der Waals surface area contributed by atoms with Crippen LogP contribution in [0.25, 0.3) is 0 Å². The minimum Gasteiger partial charge on any atom is -0.465 e. The summed E-state index contributed by atoms with van der Waals surface area (Å²) in [6.45, 7) is 2.07. The highest BCUT2D eigenvalue weighted by atomic mass is 32.2. The van der Waals surface area contributed by atoms with Gasteiger partial charge < -0.3 is 4.74 Å². The van der Waals surface area contributed by atoms with Crippen LogP contribution in [0.5, 0.6) is 0 Å². The number of ether oxygens (including phenoxy) is 1. The molecule has 2 rings (SSSR count). The van der Waals surface area contributed by atoms with Gasteiger partial charge in [0, 0.05) is 5.92 Å². The Labute approximate surface area is 106 Å². The second-order valence-corrected chi connectivity index (χ2v) is 5.92. The third kappa shape index (κ3) is 3.08. The molecule has 0 spiro atoms. The van der Waals surface area contributed by atoms with Gasteiger partial charge in [-0.15, -0.1) is 0 Å². The number of carbonyl (C=O) groups is 1. The third-order valence-corrected chi connectivity index (χ3v) is 4.00. The van der Waals surface area contributed by atoms with Crippen LogP contribution in [0, 0.1) is 12.8 Å². The number of hydrogen-bond donors (Lipinski definition) is 0. The van der Waals surface area contributed by atoms with Crippen LogP contribution < -0.4 is 0 Å². The Morgan fingerprint density at radius 1 is 1.33 bits per heavy atom. The molecule has 0 radical (unpaired) electrons. The summed E-state index contributed by atoms with van der Waals surface area (Å²) in [7, 11) is -3.75. The summed E-state index contributed by atoms with van der Waals surface area (Å²) in [4.78, 5) is 11.0. The number of carbonyl (C=O) groups excluding carboxylic acids is 1. The van der Waals surface area contributed by atoms with Crippen LogP contribution in [0.2, 0.25) is 0 Å². The molecule has 0 amide bonds. The molecule has 18 heavy (non-hydrogen) atoms. The molecule has 1 heterocycles. The van der Waals surface area contributed by atoms with E-state index in [0.29, 0.717) is 0 Å². The topological polar surface area (TPSA) is 69.7 Å². The number of esters is 1. The summed E-state index contributed by atoms with van der Waals surface area (Å²) in [5, 5.41) is 0. The summed E-state index contributed by atoms with van der Waals surface area (Å²) in [6, 6.07) is 6.42. The van der Waals surface area contributed by atoms with E-state index in [1.54, 1.807) is 12.1 Å². The zero-order valence-electron chi connectivity index (χ0n) is 9.96. The van der Waals surface area contributed by atoms with Crippen molar-refractivity contribution in [3.63, 3.8) is 0 Å². The molecule has 0 aromatic heterocycles.